The van der Waals surface area contributed by atoms with Crippen molar-refractivity contribution in [1.29, 1.82) is 0 Å². The first-order chi connectivity index (χ1) is 8.48. The first kappa shape index (κ1) is 18.0. The molecule has 0 unspecified atom stereocenters. The highest BCUT2D eigenvalue weighted by Crippen LogP contribution is 2.27. The molecule has 0 atom stereocenters. The SMILES string of the molecule is CCCNCCC(C)(C)CCCCCCC(C)C. The normalized spacial score (nSPS) is 12.3. The van der Waals surface area contributed by atoms with E-state index in [2.05, 4.69) is 39.9 Å². The monoisotopic (exact) mass is 255 g/mol. The second-order valence-electron chi connectivity index (χ2n) is 7.01. The Bertz CT molecular complexity index is 172. The average Bonchev–Trinajstić information content (AvgIpc) is 2.29. The summed E-state index contributed by atoms with van der Waals surface area (Å²) in [6.45, 7) is 14.1. The third-order valence-electron chi connectivity index (χ3n) is 3.79. The quantitative estimate of drug-likeness (QED) is 0.460. The molecule has 0 aromatic heterocycles. The van der Waals surface area contributed by atoms with Gasteiger partial charge in [0, 0.05) is 0 Å². The molecule has 0 spiro atoms. The highest BCUT2D eigenvalue weighted by atomic mass is 14.8. The minimum atomic E-state index is 0.527. The van der Waals surface area contributed by atoms with Crippen LogP contribution in [0.1, 0.15) is 86.0 Å². The van der Waals surface area contributed by atoms with E-state index in [-0.39, 0.29) is 0 Å². The van der Waals surface area contributed by atoms with Crippen LogP contribution >= 0.6 is 0 Å². The molecule has 0 aromatic carbocycles. The standard InChI is InChI=1S/C17H37N/c1-6-14-18-15-13-17(4,5)12-10-8-7-9-11-16(2)3/h16,18H,6-15H2,1-5H3. The summed E-state index contributed by atoms with van der Waals surface area (Å²) in [6, 6.07) is 0. The minimum absolute atomic E-state index is 0.527. The topological polar surface area (TPSA) is 12.0 Å². The van der Waals surface area contributed by atoms with Crippen molar-refractivity contribution in [3.05, 3.63) is 0 Å². The van der Waals surface area contributed by atoms with Crippen LogP contribution in [0.25, 0.3) is 0 Å². The fraction of sp³-hybridized carbons (Fsp3) is 1.00. The van der Waals surface area contributed by atoms with E-state index in [1.807, 2.05) is 0 Å². The van der Waals surface area contributed by atoms with E-state index >= 15 is 0 Å². The molecule has 1 N–H and O–H groups in total. The Kier molecular flexibility index (Phi) is 10.8. The third-order valence-corrected chi connectivity index (χ3v) is 3.79. The molecule has 0 aliphatic carbocycles. The maximum atomic E-state index is 3.51. The summed E-state index contributed by atoms with van der Waals surface area (Å²) in [5.41, 5.74) is 0.527. The van der Waals surface area contributed by atoms with Crippen molar-refractivity contribution in [3.63, 3.8) is 0 Å². The van der Waals surface area contributed by atoms with Crippen LogP contribution in [-0.4, -0.2) is 13.1 Å². The van der Waals surface area contributed by atoms with E-state index in [4.69, 9.17) is 0 Å². The predicted molar refractivity (Wildman–Crippen MR) is 84.1 cm³/mol. The van der Waals surface area contributed by atoms with Crippen LogP contribution in [0.5, 0.6) is 0 Å². The number of hydrogen-bond acceptors (Lipinski definition) is 1. The lowest BCUT2D eigenvalue weighted by molar-refractivity contribution is 0.289. The van der Waals surface area contributed by atoms with Crippen LogP contribution in [0.4, 0.5) is 0 Å². The lowest BCUT2D eigenvalue weighted by Gasteiger charge is -2.24. The Morgan fingerprint density at radius 2 is 1.56 bits per heavy atom. The van der Waals surface area contributed by atoms with Crippen molar-refractivity contribution in [2.75, 3.05) is 13.1 Å². The lowest BCUT2D eigenvalue weighted by atomic mass is 9.83. The van der Waals surface area contributed by atoms with Crippen molar-refractivity contribution >= 4 is 0 Å². The van der Waals surface area contributed by atoms with Crippen LogP contribution in [0.15, 0.2) is 0 Å². The molecule has 1 heteroatoms. The van der Waals surface area contributed by atoms with E-state index < -0.39 is 0 Å². The molecular formula is C17H37N. The van der Waals surface area contributed by atoms with Gasteiger partial charge >= 0.3 is 0 Å². The van der Waals surface area contributed by atoms with Gasteiger partial charge in [-0.2, -0.15) is 0 Å². The summed E-state index contributed by atoms with van der Waals surface area (Å²) in [4.78, 5) is 0. The molecule has 0 heterocycles. The smallest absolute Gasteiger partial charge is 0.00438 e. The molecule has 0 bridgehead atoms. The third kappa shape index (κ3) is 12.4. The van der Waals surface area contributed by atoms with Crippen LogP contribution in [-0.2, 0) is 0 Å². The average molecular weight is 255 g/mol. The zero-order valence-corrected chi connectivity index (χ0v) is 13.6. The Balaban J connectivity index is 3.40. The Hall–Kier alpha value is -0.0400. The van der Waals surface area contributed by atoms with Crippen molar-refractivity contribution < 1.29 is 0 Å². The Morgan fingerprint density at radius 1 is 0.889 bits per heavy atom. The van der Waals surface area contributed by atoms with Gasteiger partial charge in [0.2, 0.25) is 0 Å². The molecule has 0 fully saturated rings. The molecule has 0 saturated heterocycles. The van der Waals surface area contributed by atoms with Gasteiger partial charge in [-0.3, -0.25) is 0 Å². The van der Waals surface area contributed by atoms with E-state index in [0.29, 0.717) is 5.41 Å². The zero-order chi connectivity index (χ0) is 13.9. The molecule has 0 amide bonds. The second-order valence-corrected chi connectivity index (χ2v) is 7.01. The Morgan fingerprint density at radius 3 is 2.17 bits per heavy atom. The van der Waals surface area contributed by atoms with Gasteiger partial charge in [0.1, 0.15) is 0 Å². The molecular weight excluding hydrogens is 218 g/mol. The lowest BCUT2D eigenvalue weighted by Crippen LogP contribution is -2.23. The molecule has 1 nitrogen and oxygen atoms in total. The van der Waals surface area contributed by atoms with Crippen molar-refractivity contribution in [1.82, 2.24) is 5.32 Å². The summed E-state index contributed by atoms with van der Waals surface area (Å²) in [7, 11) is 0. The van der Waals surface area contributed by atoms with E-state index in [1.54, 1.807) is 0 Å². The summed E-state index contributed by atoms with van der Waals surface area (Å²) in [5, 5.41) is 3.51. The van der Waals surface area contributed by atoms with Gasteiger partial charge in [0.25, 0.3) is 0 Å². The first-order valence-corrected chi connectivity index (χ1v) is 8.18. The summed E-state index contributed by atoms with van der Waals surface area (Å²) < 4.78 is 0. The summed E-state index contributed by atoms with van der Waals surface area (Å²) >= 11 is 0. The van der Waals surface area contributed by atoms with Gasteiger partial charge in [0.05, 0.1) is 0 Å². The highest BCUT2D eigenvalue weighted by Gasteiger charge is 2.16. The largest absolute Gasteiger partial charge is 0.317 e. The van der Waals surface area contributed by atoms with Crippen molar-refractivity contribution in [2.45, 2.75) is 86.0 Å². The highest BCUT2D eigenvalue weighted by molar-refractivity contribution is 4.70. The van der Waals surface area contributed by atoms with Crippen molar-refractivity contribution in [2.24, 2.45) is 11.3 Å². The van der Waals surface area contributed by atoms with E-state index in [1.165, 1.54) is 64.5 Å². The van der Waals surface area contributed by atoms with Gasteiger partial charge in [-0.05, 0) is 43.7 Å². The van der Waals surface area contributed by atoms with Gasteiger partial charge in [0.15, 0.2) is 0 Å². The van der Waals surface area contributed by atoms with Crippen LogP contribution in [0.2, 0.25) is 0 Å². The zero-order valence-electron chi connectivity index (χ0n) is 13.6. The number of hydrogen-bond donors (Lipinski definition) is 1. The molecule has 18 heavy (non-hydrogen) atoms. The van der Waals surface area contributed by atoms with Gasteiger partial charge in [-0.25, -0.2) is 0 Å². The molecule has 0 radical (unpaired) electrons. The first-order valence-electron chi connectivity index (χ1n) is 8.18. The van der Waals surface area contributed by atoms with E-state index in [9.17, 15) is 0 Å². The molecule has 0 aliphatic heterocycles. The number of unbranched alkanes of at least 4 members (excludes halogenated alkanes) is 3. The molecule has 0 rings (SSSR count). The fourth-order valence-corrected chi connectivity index (χ4v) is 2.36. The molecule has 0 saturated carbocycles. The maximum Gasteiger partial charge on any atom is -0.00438 e. The summed E-state index contributed by atoms with van der Waals surface area (Å²) in [6.07, 6.45) is 11.1. The van der Waals surface area contributed by atoms with Gasteiger partial charge < -0.3 is 5.32 Å². The fourth-order valence-electron chi connectivity index (χ4n) is 2.36. The summed E-state index contributed by atoms with van der Waals surface area (Å²) in [5.74, 6) is 0.881. The van der Waals surface area contributed by atoms with E-state index in [0.717, 1.165) is 5.92 Å². The Labute approximate surface area is 116 Å². The molecule has 0 aromatic rings. The number of nitrogens with one attached hydrogen (secondary N) is 1. The molecule has 110 valence electrons. The second kappa shape index (κ2) is 10.8. The van der Waals surface area contributed by atoms with Crippen LogP contribution < -0.4 is 5.32 Å². The maximum absolute atomic E-state index is 3.51. The molecule has 0 aliphatic rings. The van der Waals surface area contributed by atoms with Gasteiger partial charge in [-0.1, -0.05) is 66.7 Å². The predicted octanol–water partition coefficient (Wildman–Crippen LogP) is 5.40. The minimum Gasteiger partial charge on any atom is -0.317 e. The number of rotatable bonds is 12. The van der Waals surface area contributed by atoms with Crippen LogP contribution in [0, 0.1) is 11.3 Å². The van der Waals surface area contributed by atoms with Crippen LogP contribution in [0.3, 0.4) is 0 Å². The van der Waals surface area contributed by atoms with Crippen molar-refractivity contribution in [3.8, 4) is 0 Å². The van der Waals surface area contributed by atoms with Gasteiger partial charge in [-0.15, -0.1) is 0 Å².